The Morgan fingerprint density at radius 3 is 2.33 bits per heavy atom. The molecule has 1 atom stereocenters. The first kappa shape index (κ1) is 28.9. The van der Waals surface area contributed by atoms with Crippen LogP contribution in [-0.4, -0.2) is 80.2 Å². The van der Waals surface area contributed by atoms with Crippen LogP contribution < -0.4 is 10.2 Å². The summed E-state index contributed by atoms with van der Waals surface area (Å²) in [7, 11) is 4.13. The van der Waals surface area contributed by atoms with Crippen LogP contribution in [0.15, 0.2) is 70.8 Å². The van der Waals surface area contributed by atoms with Crippen molar-refractivity contribution in [3.05, 3.63) is 77.5 Å². The Bertz CT molecular complexity index is 1280. The molecule has 3 aliphatic heterocycles. The number of carbonyl (C=O) groups excluding carboxylic acids is 3. The highest BCUT2D eigenvalue weighted by Gasteiger charge is 2.33. The van der Waals surface area contributed by atoms with Gasteiger partial charge in [0.15, 0.2) is 5.78 Å². The number of benzene rings is 2. The Labute approximate surface area is 236 Å². The summed E-state index contributed by atoms with van der Waals surface area (Å²) in [6.07, 6.45) is 7.30. The van der Waals surface area contributed by atoms with Gasteiger partial charge < -0.3 is 20.0 Å². The normalized spacial score (nSPS) is 20.0. The van der Waals surface area contributed by atoms with Gasteiger partial charge in [-0.25, -0.2) is 4.99 Å². The number of rotatable bonds is 7. The number of amides is 2. The van der Waals surface area contributed by atoms with Gasteiger partial charge in [0.25, 0.3) is 0 Å². The molecule has 2 aromatic carbocycles. The van der Waals surface area contributed by atoms with E-state index in [9.17, 15) is 14.4 Å². The highest BCUT2D eigenvalue weighted by atomic mass is 16.2. The van der Waals surface area contributed by atoms with Crippen molar-refractivity contribution in [3.63, 3.8) is 0 Å². The lowest BCUT2D eigenvalue weighted by molar-refractivity contribution is -0.132. The van der Waals surface area contributed by atoms with E-state index < -0.39 is 5.54 Å². The Hall–Kier alpha value is -4.11. The molecule has 2 aromatic rings. The molecule has 0 saturated carbocycles. The molecule has 2 amide bonds. The number of para-hydroxylation sites is 1. The van der Waals surface area contributed by atoms with Crippen molar-refractivity contribution >= 4 is 35.8 Å². The largest absolute Gasteiger partial charge is 0.368 e. The number of allylic oxidation sites excluding steroid dienone is 1. The first-order chi connectivity index (χ1) is 19.3. The van der Waals surface area contributed by atoms with Crippen molar-refractivity contribution in [3.8, 4) is 0 Å². The van der Waals surface area contributed by atoms with Gasteiger partial charge in [-0.1, -0.05) is 42.5 Å². The molecule has 0 aliphatic carbocycles. The van der Waals surface area contributed by atoms with E-state index in [0.29, 0.717) is 12.8 Å². The molecule has 40 heavy (non-hydrogen) atoms. The Balaban J connectivity index is 0.000000398. The van der Waals surface area contributed by atoms with E-state index in [0.717, 1.165) is 38.3 Å². The summed E-state index contributed by atoms with van der Waals surface area (Å²) < 4.78 is 0. The van der Waals surface area contributed by atoms with Crippen molar-refractivity contribution < 1.29 is 14.4 Å². The number of ketones is 1. The second-order valence-electron chi connectivity index (χ2n) is 10.6. The molecule has 0 aromatic heterocycles. The second kappa shape index (κ2) is 13.3. The maximum Gasteiger partial charge on any atom is 0.231 e. The molecule has 0 spiro atoms. The summed E-state index contributed by atoms with van der Waals surface area (Å²) >= 11 is 0. The monoisotopic (exact) mass is 542 g/mol. The zero-order valence-corrected chi connectivity index (χ0v) is 23.5. The van der Waals surface area contributed by atoms with Crippen LogP contribution in [0.5, 0.6) is 0 Å². The Morgan fingerprint density at radius 2 is 1.75 bits per heavy atom. The van der Waals surface area contributed by atoms with E-state index >= 15 is 0 Å². The highest BCUT2D eigenvalue weighted by Crippen LogP contribution is 2.32. The van der Waals surface area contributed by atoms with Crippen molar-refractivity contribution in [1.29, 1.82) is 0 Å². The van der Waals surface area contributed by atoms with Gasteiger partial charge in [-0.15, -0.1) is 0 Å². The molecule has 0 radical (unpaired) electrons. The molecule has 3 aliphatic rings. The number of anilines is 1. The zero-order valence-electron chi connectivity index (χ0n) is 23.5. The summed E-state index contributed by atoms with van der Waals surface area (Å²) in [5, 5.41) is 2.37. The topological polar surface area (TPSA) is 97.7 Å². The van der Waals surface area contributed by atoms with E-state index in [2.05, 4.69) is 94.7 Å². The van der Waals surface area contributed by atoms with E-state index in [1.54, 1.807) is 6.34 Å². The average molecular weight is 543 g/mol. The van der Waals surface area contributed by atoms with Gasteiger partial charge in [-0.05, 0) is 56.3 Å². The first-order valence-corrected chi connectivity index (χ1v) is 13.6. The zero-order chi connectivity index (χ0) is 28.5. The summed E-state index contributed by atoms with van der Waals surface area (Å²) in [5.74, 6) is -0.153. The van der Waals surface area contributed by atoms with E-state index in [1.165, 1.54) is 29.1 Å². The minimum atomic E-state index is -0.532. The second-order valence-corrected chi connectivity index (χ2v) is 10.6. The molecule has 5 rings (SSSR count). The van der Waals surface area contributed by atoms with Gasteiger partial charge in [0.2, 0.25) is 11.8 Å². The molecule has 1 unspecified atom stereocenters. The lowest BCUT2D eigenvalue weighted by Gasteiger charge is -2.37. The maximum atomic E-state index is 13.0. The first-order valence-electron chi connectivity index (χ1n) is 13.6. The summed E-state index contributed by atoms with van der Waals surface area (Å²) in [6.45, 7) is 6.30. The SMILES string of the molecule is Cc1ccccc1N1CCN(C(=O)CCC2(c3ccc(CN(C)C)cc3)C=NC=N2)CC1.O=C1C=CNC(=O)C1. The molecule has 1 fully saturated rings. The van der Waals surface area contributed by atoms with Gasteiger partial charge in [-0.3, -0.25) is 19.4 Å². The predicted molar refractivity (Wildman–Crippen MR) is 159 cm³/mol. The molecule has 1 N–H and O–H groups in total. The van der Waals surface area contributed by atoms with Crippen LogP contribution in [0.2, 0.25) is 0 Å². The summed E-state index contributed by atoms with van der Waals surface area (Å²) in [4.78, 5) is 49.1. The fourth-order valence-corrected chi connectivity index (χ4v) is 5.08. The maximum absolute atomic E-state index is 13.0. The van der Waals surface area contributed by atoms with E-state index in [4.69, 9.17) is 0 Å². The Morgan fingerprint density at radius 1 is 1.02 bits per heavy atom. The predicted octanol–water partition coefficient (Wildman–Crippen LogP) is 3.08. The smallest absolute Gasteiger partial charge is 0.231 e. The number of hydrogen-bond acceptors (Lipinski definition) is 7. The summed E-state index contributed by atoms with van der Waals surface area (Å²) in [5.41, 5.74) is 4.37. The molecule has 3 heterocycles. The van der Waals surface area contributed by atoms with Crippen LogP contribution >= 0.6 is 0 Å². The molecular weight excluding hydrogens is 504 g/mol. The minimum Gasteiger partial charge on any atom is -0.368 e. The van der Waals surface area contributed by atoms with Crippen molar-refractivity contribution in [2.45, 2.75) is 38.3 Å². The fraction of sp³-hybridized carbons (Fsp3) is 0.387. The lowest BCUT2D eigenvalue weighted by atomic mass is 9.86. The lowest BCUT2D eigenvalue weighted by Crippen LogP contribution is -2.49. The van der Waals surface area contributed by atoms with Crippen molar-refractivity contribution in [1.82, 2.24) is 15.1 Å². The van der Waals surface area contributed by atoms with Gasteiger partial charge in [0.05, 0.1) is 6.42 Å². The molecule has 9 nitrogen and oxygen atoms in total. The van der Waals surface area contributed by atoms with Crippen molar-refractivity contribution in [2.75, 3.05) is 45.2 Å². The highest BCUT2D eigenvalue weighted by molar-refractivity contribution is 6.06. The Kier molecular flexibility index (Phi) is 9.60. The van der Waals surface area contributed by atoms with Gasteiger partial charge in [0.1, 0.15) is 11.9 Å². The number of hydrogen-bond donors (Lipinski definition) is 1. The quantitative estimate of drug-likeness (QED) is 0.543. The van der Waals surface area contributed by atoms with Crippen LogP contribution in [-0.2, 0) is 26.5 Å². The molecule has 9 heteroatoms. The van der Waals surface area contributed by atoms with Crippen molar-refractivity contribution in [2.24, 2.45) is 9.98 Å². The number of nitrogens with one attached hydrogen (secondary N) is 1. The number of nitrogens with zero attached hydrogens (tertiary/aromatic N) is 5. The molecule has 1 saturated heterocycles. The third kappa shape index (κ3) is 7.51. The van der Waals surface area contributed by atoms with Gasteiger partial charge >= 0.3 is 0 Å². The van der Waals surface area contributed by atoms with Crippen LogP contribution in [0.25, 0.3) is 0 Å². The average Bonchev–Trinajstić information content (AvgIpc) is 3.43. The van der Waals surface area contributed by atoms with E-state index in [-0.39, 0.29) is 24.0 Å². The number of piperazine rings is 1. The van der Waals surface area contributed by atoms with Crippen LogP contribution in [0.4, 0.5) is 5.69 Å². The fourth-order valence-electron chi connectivity index (χ4n) is 5.08. The van der Waals surface area contributed by atoms with E-state index in [1.807, 2.05) is 11.1 Å². The summed E-state index contributed by atoms with van der Waals surface area (Å²) in [6, 6.07) is 17.0. The third-order valence-corrected chi connectivity index (χ3v) is 7.25. The van der Waals surface area contributed by atoms with Crippen LogP contribution in [0.3, 0.4) is 0 Å². The standard InChI is InChI=1S/C26H33N5O.C5H5NO2/c1-21-6-4-5-7-24(21)30-14-16-31(17-15-30)25(32)12-13-26(19-27-20-28-26)23-10-8-22(9-11-23)18-29(2)3;7-4-1-2-6-5(8)3-4/h4-11,19-20H,12-18H2,1-3H3;1-2H,3H2,(H,6,8). The number of carbonyl (C=O) groups is 3. The third-order valence-electron chi connectivity index (χ3n) is 7.25. The van der Waals surface area contributed by atoms with Gasteiger partial charge in [0, 0.05) is 57.2 Å². The number of aryl methyl sites for hydroxylation is 1. The molecule has 0 bridgehead atoms. The van der Waals surface area contributed by atoms with Crippen LogP contribution in [0.1, 0.15) is 36.0 Å². The molecular formula is C31H38N6O3. The minimum absolute atomic E-state index is 0.00347. The van der Waals surface area contributed by atoms with Gasteiger partial charge in [-0.2, -0.15) is 0 Å². The number of aliphatic imine (C=N–C) groups is 2. The molecule has 210 valence electrons. The van der Waals surface area contributed by atoms with Crippen LogP contribution in [0, 0.1) is 6.92 Å².